The maximum Gasteiger partial charge on any atom is 0.250 e. The third-order valence-corrected chi connectivity index (χ3v) is 4.33. The molecule has 128 valence electrons. The van der Waals surface area contributed by atoms with Gasteiger partial charge >= 0.3 is 0 Å². The molecule has 0 fully saturated rings. The Labute approximate surface area is 151 Å². The zero-order chi connectivity index (χ0) is 17.9. The van der Waals surface area contributed by atoms with E-state index in [-0.39, 0.29) is 5.56 Å². The van der Waals surface area contributed by atoms with Gasteiger partial charge in [0.1, 0.15) is 0 Å². The molecule has 3 aromatic heterocycles. The fourth-order valence-electron chi connectivity index (χ4n) is 2.98. The number of nitrogens with zero attached hydrogens (tertiary/aromatic N) is 4. The van der Waals surface area contributed by atoms with Gasteiger partial charge in [0.05, 0.1) is 12.7 Å². The summed E-state index contributed by atoms with van der Waals surface area (Å²) in [6.45, 7) is 0.703. The van der Waals surface area contributed by atoms with E-state index in [4.69, 9.17) is 0 Å². The summed E-state index contributed by atoms with van der Waals surface area (Å²) in [5.41, 5.74) is 4.84. The van der Waals surface area contributed by atoms with Gasteiger partial charge in [0.25, 0.3) is 5.56 Å². The molecule has 5 nitrogen and oxygen atoms in total. The van der Waals surface area contributed by atoms with Gasteiger partial charge in [0.15, 0.2) is 0 Å². The van der Waals surface area contributed by atoms with Crippen LogP contribution < -0.4 is 5.56 Å². The van der Waals surface area contributed by atoms with Crippen LogP contribution in [0.25, 0.3) is 22.3 Å². The predicted molar refractivity (Wildman–Crippen MR) is 102 cm³/mol. The van der Waals surface area contributed by atoms with Crippen LogP contribution >= 0.6 is 0 Å². The van der Waals surface area contributed by atoms with E-state index in [1.54, 1.807) is 30.1 Å². The quantitative estimate of drug-likeness (QED) is 0.571. The maximum atomic E-state index is 12.2. The molecule has 0 saturated carbocycles. The zero-order valence-electron chi connectivity index (χ0n) is 14.4. The van der Waals surface area contributed by atoms with Crippen molar-refractivity contribution in [3.63, 3.8) is 0 Å². The number of rotatable bonds is 4. The highest BCUT2D eigenvalue weighted by molar-refractivity contribution is 5.81. The highest BCUT2D eigenvalue weighted by Crippen LogP contribution is 2.30. The van der Waals surface area contributed by atoms with Crippen molar-refractivity contribution >= 4 is 0 Å². The van der Waals surface area contributed by atoms with Crippen LogP contribution in [0.3, 0.4) is 0 Å². The number of benzene rings is 1. The van der Waals surface area contributed by atoms with Crippen molar-refractivity contribution in [3.8, 4) is 22.3 Å². The second-order valence-corrected chi connectivity index (χ2v) is 6.20. The lowest BCUT2D eigenvalue weighted by atomic mass is 9.99. The van der Waals surface area contributed by atoms with Crippen LogP contribution in [0.1, 0.15) is 5.56 Å². The van der Waals surface area contributed by atoms with E-state index < -0.39 is 0 Å². The fourth-order valence-corrected chi connectivity index (χ4v) is 2.98. The first-order valence-electron chi connectivity index (χ1n) is 8.38. The van der Waals surface area contributed by atoms with Crippen LogP contribution in [0.4, 0.5) is 0 Å². The summed E-state index contributed by atoms with van der Waals surface area (Å²) in [6, 6.07) is 15.7. The molecule has 0 N–H and O–H groups in total. The minimum absolute atomic E-state index is 0.0516. The van der Waals surface area contributed by atoms with E-state index in [9.17, 15) is 4.79 Å². The SMILES string of the molecule is Cn1cc(-c2cnn(Cc3ccccc3)c2)c(-c2cccnc2)cc1=O. The van der Waals surface area contributed by atoms with Gasteiger partial charge in [-0.1, -0.05) is 36.4 Å². The monoisotopic (exact) mass is 342 g/mol. The highest BCUT2D eigenvalue weighted by atomic mass is 16.1. The lowest BCUT2D eigenvalue weighted by molar-refractivity contribution is 0.687. The van der Waals surface area contributed by atoms with Crippen molar-refractivity contribution in [2.24, 2.45) is 7.05 Å². The highest BCUT2D eigenvalue weighted by Gasteiger charge is 2.12. The van der Waals surface area contributed by atoms with Gasteiger partial charge in [-0.3, -0.25) is 14.5 Å². The Hall–Kier alpha value is -3.47. The summed E-state index contributed by atoms with van der Waals surface area (Å²) in [5, 5.41) is 4.49. The van der Waals surface area contributed by atoms with Gasteiger partial charge in [-0.05, 0) is 17.2 Å². The van der Waals surface area contributed by atoms with Crippen molar-refractivity contribution in [3.05, 3.63) is 95.4 Å². The van der Waals surface area contributed by atoms with Crippen molar-refractivity contribution in [2.45, 2.75) is 6.54 Å². The van der Waals surface area contributed by atoms with Crippen LogP contribution in [0, 0.1) is 0 Å². The van der Waals surface area contributed by atoms with E-state index in [1.165, 1.54) is 5.56 Å². The van der Waals surface area contributed by atoms with Crippen LogP contribution in [0.2, 0.25) is 0 Å². The second kappa shape index (κ2) is 6.80. The largest absolute Gasteiger partial charge is 0.318 e. The number of aryl methyl sites for hydroxylation is 1. The number of pyridine rings is 2. The summed E-state index contributed by atoms with van der Waals surface area (Å²) in [4.78, 5) is 16.3. The molecule has 0 aliphatic carbocycles. The van der Waals surface area contributed by atoms with E-state index in [1.807, 2.05) is 53.6 Å². The zero-order valence-corrected chi connectivity index (χ0v) is 14.4. The Morgan fingerprint density at radius 3 is 2.54 bits per heavy atom. The normalized spacial score (nSPS) is 10.8. The molecule has 0 aliphatic rings. The second-order valence-electron chi connectivity index (χ2n) is 6.20. The predicted octanol–water partition coefficient (Wildman–Crippen LogP) is 3.36. The molecule has 0 bridgehead atoms. The molecule has 3 heterocycles. The van der Waals surface area contributed by atoms with Gasteiger partial charge in [-0.2, -0.15) is 5.10 Å². The summed E-state index contributed by atoms with van der Waals surface area (Å²) in [5.74, 6) is 0. The lowest BCUT2D eigenvalue weighted by Gasteiger charge is -2.10. The number of hydrogen-bond donors (Lipinski definition) is 0. The molecule has 0 amide bonds. The molecule has 0 aliphatic heterocycles. The molecule has 0 spiro atoms. The molecular formula is C21H18N4O. The average molecular weight is 342 g/mol. The van der Waals surface area contributed by atoms with Gasteiger partial charge < -0.3 is 4.57 Å². The van der Waals surface area contributed by atoms with Crippen molar-refractivity contribution in [1.29, 1.82) is 0 Å². The Balaban J connectivity index is 1.76. The fraction of sp³-hybridized carbons (Fsp3) is 0.0952. The molecule has 26 heavy (non-hydrogen) atoms. The van der Waals surface area contributed by atoms with Crippen LogP contribution in [-0.2, 0) is 13.6 Å². The number of hydrogen-bond acceptors (Lipinski definition) is 3. The van der Waals surface area contributed by atoms with Crippen LogP contribution in [-0.4, -0.2) is 19.3 Å². The average Bonchev–Trinajstić information content (AvgIpc) is 3.13. The molecule has 0 saturated heterocycles. The van der Waals surface area contributed by atoms with E-state index in [0.717, 1.165) is 22.3 Å². The van der Waals surface area contributed by atoms with Gasteiger partial charge in [0.2, 0.25) is 0 Å². The van der Waals surface area contributed by atoms with Crippen LogP contribution in [0.15, 0.2) is 84.3 Å². The first-order valence-corrected chi connectivity index (χ1v) is 8.38. The molecule has 5 heteroatoms. The van der Waals surface area contributed by atoms with Gasteiger partial charge in [-0.25, -0.2) is 0 Å². The van der Waals surface area contributed by atoms with Crippen molar-refractivity contribution in [2.75, 3.05) is 0 Å². The third kappa shape index (κ3) is 3.19. The maximum absolute atomic E-state index is 12.2. The van der Waals surface area contributed by atoms with E-state index >= 15 is 0 Å². The Morgan fingerprint density at radius 2 is 1.77 bits per heavy atom. The molecule has 0 unspecified atom stereocenters. The summed E-state index contributed by atoms with van der Waals surface area (Å²) in [7, 11) is 1.76. The number of aromatic nitrogens is 4. The molecule has 0 radical (unpaired) electrons. The molecule has 1 aromatic carbocycles. The van der Waals surface area contributed by atoms with Crippen molar-refractivity contribution < 1.29 is 0 Å². The van der Waals surface area contributed by atoms with Gasteiger partial charge in [-0.15, -0.1) is 0 Å². The third-order valence-electron chi connectivity index (χ3n) is 4.33. The summed E-state index contributed by atoms with van der Waals surface area (Å²) >= 11 is 0. The van der Waals surface area contributed by atoms with E-state index in [0.29, 0.717) is 6.54 Å². The van der Waals surface area contributed by atoms with Crippen LogP contribution in [0.5, 0.6) is 0 Å². The molecule has 4 aromatic rings. The molecule has 0 atom stereocenters. The smallest absolute Gasteiger partial charge is 0.250 e. The summed E-state index contributed by atoms with van der Waals surface area (Å²) < 4.78 is 3.49. The Bertz CT molecular complexity index is 1080. The Kier molecular flexibility index (Phi) is 4.19. The minimum atomic E-state index is -0.0516. The molecule has 4 rings (SSSR count). The minimum Gasteiger partial charge on any atom is -0.318 e. The van der Waals surface area contributed by atoms with E-state index in [2.05, 4.69) is 22.2 Å². The topological polar surface area (TPSA) is 52.7 Å². The Morgan fingerprint density at radius 1 is 0.923 bits per heavy atom. The molecular weight excluding hydrogens is 324 g/mol. The first kappa shape index (κ1) is 16.0. The lowest BCUT2D eigenvalue weighted by Crippen LogP contribution is -2.15. The standard InChI is InChI=1S/C21H18N4O/c1-24-15-20(19(10-21(24)26)17-8-5-9-22-11-17)18-12-23-25(14-18)13-16-6-3-2-4-7-16/h2-12,14-15H,13H2,1H3. The first-order chi connectivity index (χ1) is 12.7. The summed E-state index contributed by atoms with van der Waals surface area (Å²) in [6.07, 6.45) is 9.19. The van der Waals surface area contributed by atoms with Crippen molar-refractivity contribution in [1.82, 2.24) is 19.3 Å². The van der Waals surface area contributed by atoms with Gasteiger partial charge in [0, 0.05) is 54.6 Å².